The second-order valence-electron chi connectivity index (χ2n) is 6.37. The van der Waals surface area contributed by atoms with Crippen molar-refractivity contribution in [2.75, 3.05) is 13.6 Å². The molecule has 0 spiro atoms. The first-order valence-electron chi connectivity index (χ1n) is 8.16. The Labute approximate surface area is 147 Å². The summed E-state index contributed by atoms with van der Waals surface area (Å²) in [6.45, 7) is 5.35. The van der Waals surface area contributed by atoms with Crippen LogP contribution < -0.4 is 10.6 Å². The largest absolute Gasteiger partial charge is 0.361 e. The lowest BCUT2D eigenvalue weighted by molar-refractivity contribution is 0.392. The van der Waals surface area contributed by atoms with Gasteiger partial charge in [-0.05, 0) is 44.4 Å². The SMILES string of the molecule is CN=C(NCc1c(C)noc1C)NCC1(c2cccc(Cl)c2)CC1. The summed E-state index contributed by atoms with van der Waals surface area (Å²) >= 11 is 6.13. The van der Waals surface area contributed by atoms with Gasteiger partial charge in [-0.2, -0.15) is 0 Å². The molecule has 0 aliphatic heterocycles. The van der Waals surface area contributed by atoms with E-state index in [0.717, 1.165) is 34.5 Å². The number of aryl methyl sites for hydroxylation is 2. The molecular weight excluding hydrogens is 324 g/mol. The minimum absolute atomic E-state index is 0.172. The van der Waals surface area contributed by atoms with Crippen LogP contribution in [0, 0.1) is 13.8 Å². The van der Waals surface area contributed by atoms with Crippen molar-refractivity contribution in [1.82, 2.24) is 15.8 Å². The normalized spacial score (nSPS) is 16.1. The van der Waals surface area contributed by atoms with Gasteiger partial charge in [0.1, 0.15) is 5.76 Å². The predicted molar refractivity (Wildman–Crippen MR) is 96.5 cm³/mol. The van der Waals surface area contributed by atoms with E-state index in [2.05, 4.69) is 32.9 Å². The second-order valence-corrected chi connectivity index (χ2v) is 6.81. The third kappa shape index (κ3) is 3.56. The Morgan fingerprint density at radius 3 is 2.71 bits per heavy atom. The monoisotopic (exact) mass is 346 g/mol. The van der Waals surface area contributed by atoms with Crippen molar-refractivity contribution in [2.24, 2.45) is 4.99 Å². The molecule has 6 heteroatoms. The number of nitrogens with one attached hydrogen (secondary N) is 2. The maximum Gasteiger partial charge on any atom is 0.191 e. The highest BCUT2D eigenvalue weighted by Gasteiger charge is 2.44. The van der Waals surface area contributed by atoms with Crippen LogP contribution in [0.5, 0.6) is 0 Å². The van der Waals surface area contributed by atoms with Gasteiger partial charge in [-0.15, -0.1) is 0 Å². The van der Waals surface area contributed by atoms with Gasteiger partial charge in [-0.25, -0.2) is 0 Å². The molecular formula is C18H23ClN4O. The summed E-state index contributed by atoms with van der Waals surface area (Å²) in [5.74, 6) is 1.62. The quantitative estimate of drug-likeness (QED) is 0.644. The Kier molecular flexibility index (Phi) is 4.81. The van der Waals surface area contributed by atoms with Gasteiger partial charge in [0, 0.05) is 36.1 Å². The van der Waals surface area contributed by atoms with Crippen LogP contribution in [0.15, 0.2) is 33.8 Å². The molecule has 3 rings (SSSR count). The zero-order chi connectivity index (χ0) is 17.2. The predicted octanol–water partition coefficient (Wildman–Crippen LogP) is 3.34. The molecule has 0 radical (unpaired) electrons. The molecule has 0 saturated heterocycles. The molecule has 24 heavy (non-hydrogen) atoms. The second kappa shape index (κ2) is 6.85. The summed E-state index contributed by atoms with van der Waals surface area (Å²) in [4.78, 5) is 4.31. The van der Waals surface area contributed by atoms with Crippen LogP contribution in [-0.2, 0) is 12.0 Å². The molecule has 128 valence electrons. The Hall–Kier alpha value is -2.01. The van der Waals surface area contributed by atoms with Crippen molar-refractivity contribution in [3.05, 3.63) is 51.9 Å². The Balaban J connectivity index is 1.59. The van der Waals surface area contributed by atoms with E-state index in [4.69, 9.17) is 16.1 Å². The molecule has 0 atom stereocenters. The summed E-state index contributed by atoms with van der Waals surface area (Å²) in [7, 11) is 1.78. The van der Waals surface area contributed by atoms with Gasteiger partial charge >= 0.3 is 0 Å². The highest BCUT2D eigenvalue weighted by Crippen LogP contribution is 2.48. The van der Waals surface area contributed by atoms with Gasteiger partial charge < -0.3 is 15.2 Å². The standard InChI is InChI=1S/C18H23ClN4O/c1-12-16(13(2)24-23-12)10-21-17(20-3)22-11-18(7-8-18)14-5-4-6-15(19)9-14/h4-6,9H,7-8,10-11H2,1-3H3,(H2,20,21,22). The van der Waals surface area contributed by atoms with E-state index in [1.54, 1.807) is 7.05 Å². The number of rotatable bonds is 5. The van der Waals surface area contributed by atoms with Gasteiger partial charge in [0.15, 0.2) is 5.96 Å². The van der Waals surface area contributed by atoms with Crippen molar-refractivity contribution in [3.63, 3.8) is 0 Å². The van der Waals surface area contributed by atoms with Gasteiger partial charge in [0.25, 0.3) is 0 Å². The van der Waals surface area contributed by atoms with E-state index in [1.807, 2.05) is 26.0 Å². The molecule has 1 aromatic carbocycles. The lowest BCUT2D eigenvalue weighted by Gasteiger charge is -2.19. The van der Waals surface area contributed by atoms with Gasteiger partial charge in [0.05, 0.1) is 5.69 Å². The number of halogens is 1. The summed E-state index contributed by atoms with van der Waals surface area (Å²) < 4.78 is 5.19. The maximum absolute atomic E-state index is 6.13. The van der Waals surface area contributed by atoms with Crippen molar-refractivity contribution in [2.45, 2.75) is 38.6 Å². The zero-order valence-electron chi connectivity index (χ0n) is 14.3. The smallest absolute Gasteiger partial charge is 0.191 e. The fraction of sp³-hybridized carbons (Fsp3) is 0.444. The number of nitrogens with zero attached hydrogens (tertiary/aromatic N) is 2. The lowest BCUT2D eigenvalue weighted by atomic mass is 9.96. The van der Waals surface area contributed by atoms with Crippen LogP contribution in [0.1, 0.15) is 35.4 Å². The molecule has 5 nitrogen and oxygen atoms in total. The molecule has 0 bridgehead atoms. The van der Waals surface area contributed by atoms with Crippen LogP contribution in [0.3, 0.4) is 0 Å². The average molecular weight is 347 g/mol. The van der Waals surface area contributed by atoms with Crippen LogP contribution in [0.2, 0.25) is 5.02 Å². The first kappa shape index (κ1) is 16.8. The molecule has 1 aliphatic rings. The summed E-state index contributed by atoms with van der Waals surface area (Å²) in [5.41, 5.74) is 3.46. The van der Waals surface area contributed by atoms with E-state index in [1.165, 1.54) is 18.4 Å². The molecule has 1 aliphatic carbocycles. The van der Waals surface area contributed by atoms with E-state index in [9.17, 15) is 0 Å². The van der Waals surface area contributed by atoms with Crippen LogP contribution in [-0.4, -0.2) is 24.7 Å². The number of hydrogen-bond donors (Lipinski definition) is 2. The van der Waals surface area contributed by atoms with E-state index in [-0.39, 0.29) is 5.41 Å². The molecule has 1 fully saturated rings. The molecule has 2 aromatic rings. The fourth-order valence-corrected chi connectivity index (χ4v) is 3.13. The van der Waals surface area contributed by atoms with Crippen LogP contribution in [0.25, 0.3) is 0 Å². The topological polar surface area (TPSA) is 62.5 Å². The number of hydrogen-bond acceptors (Lipinski definition) is 3. The zero-order valence-corrected chi connectivity index (χ0v) is 15.1. The number of benzene rings is 1. The van der Waals surface area contributed by atoms with Crippen LogP contribution in [0.4, 0.5) is 0 Å². The Bertz CT molecular complexity index is 730. The molecule has 1 aromatic heterocycles. The molecule has 1 saturated carbocycles. The Morgan fingerprint density at radius 2 is 2.12 bits per heavy atom. The number of aromatic nitrogens is 1. The molecule has 2 N–H and O–H groups in total. The van der Waals surface area contributed by atoms with E-state index in [0.29, 0.717) is 6.54 Å². The summed E-state index contributed by atoms with van der Waals surface area (Å²) in [6, 6.07) is 8.15. The third-order valence-electron chi connectivity index (χ3n) is 4.72. The highest BCUT2D eigenvalue weighted by molar-refractivity contribution is 6.30. The minimum Gasteiger partial charge on any atom is -0.361 e. The van der Waals surface area contributed by atoms with Crippen molar-refractivity contribution in [1.29, 1.82) is 0 Å². The van der Waals surface area contributed by atoms with Crippen molar-refractivity contribution < 1.29 is 4.52 Å². The lowest BCUT2D eigenvalue weighted by Crippen LogP contribution is -2.41. The number of aliphatic imine (C=N–C) groups is 1. The highest BCUT2D eigenvalue weighted by atomic mass is 35.5. The van der Waals surface area contributed by atoms with Crippen molar-refractivity contribution in [3.8, 4) is 0 Å². The molecule has 0 unspecified atom stereocenters. The van der Waals surface area contributed by atoms with E-state index >= 15 is 0 Å². The van der Waals surface area contributed by atoms with Crippen LogP contribution >= 0.6 is 11.6 Å². The average Bonchev–Trinajstić information content (AvgIpc) is 3.30. The molecule has 0 amide bonds. The van der Waals surface area contributed by atoms with Gasteiger partial charge in [0.2, 0.25) is 0 Å². The first-order valence-corrected chi connectivity index (χ1v) is 8.54. The van der Waals surface area contributed by atoms with Crippen molar-refractivity contribution >= 4 is 17.6 Å². The third-order valence-corrected chi connectivity index (χ3v) is 4.96. The van der Waals surface area contributed by atoms with Gasteiger partial charge in [-0.3, -0.25) is 4.99 Å². The number of guanidine groups is 1. The van der Waals surface area contributed by atoms with Gasteiger partial charge in [-0.1, -0.05) is 28.9 Å². The summed E-state index contributed by atoms with van der Waals surface area (Å²) in [6.07, 6.45) is 2.34. The molecule has 1 heterocycles. The van der Waals surface area contributed by atoms with E-state index < -0.39 is 0 Å². The maximum atomic E-state index is 6.13. The Morgan fingerprint density at radius 1 is 1.33 bits per heavy atom. The summed E-state index contributed by atoms with van der Waals surface area (Å²) in [5, 5.41) is 11.5. The minimum atomic E-state index is 0.172. The first-order chi connectivity index (χ1) is 11.5. The fourth-order valence-electron chi connectivity index (χ4n) is 2.94.